The summed E-state index contributed by atoms with van der Waals surface area (Å²) in [6.07, 6.45) is 1.35. The molecule has 2 N–H and O–H groups in total. The third-order valence-corrected chi connectivity index (χ3v) is 2.70. The molecule has 8 nitrogen and oxygen atoms in total. The van der Waals surface area contributed by atoms with Crippen molar-refractivity contribution in [3.63, 3.8) is 0 Å². The Morgan fingerprint density at radius 2 is 2.16 bits per heavy atom. The van der Waals surface area contributed by atoms with Crippen LogP contribution < -0.4 is 5.32 Å². The van der Waals surface area contributed by atoms with Crippen molar-refractivity contribution in [2.45, 2.75) is 6.42 Å². The maximum atomic E-state index is 11.8. The normalized spacial score (nSPS) is 15.3. The predicted molar refractivity (Wildman–Crippen MR) is 64.0 cm³/mol. The lowest BCUT2D eigenvalue weighted by atomic mass is 10.3. The molecule has 0 spiro atoms. The van der Waals surface area contributed by atoms with Crippen LogP contribution in [0.4, 0.5) is 6.01 Å². The van der Waals surface area contributed by atoms with Crippen LogP contribution in [0.15, 0.2) is 10.7 Å². The number of aromatic nitrogens is 1. The van der Waals surface area contributed by atoms with Crippen molar-refractivity contribution in [2.75, 3.05) is 38.2 Å². The summed E-state index contributed by atoms with van der Waals surface area (Å²) in [7, 11) is 0. The molecule has 0 aliphatic carbocycles. The van der Waals surface area contributed by atoms with E-state index in [9.17, 15) is 9.59 Å². The number of anilines is 1. The molecule has 2 rings (SSSR count). The van der Waals surface area contributed by atoms with Crippen molar-refractivity contribution in [2.24, 2.45) is 0 Å². The average Bonchev–Trinajstić information content (AvgIpc) is 2.89. The standard InChI is InChI=1S/C11H15N3O5/c15-9(14-3-5-18-6-4-14)1-2-12-11-13-8(7-19-11)10(16)17/h7H,1-6H2,(H,12,13)(H,16,17). The van der Waals surface area contributed by atoms with Crippen LogP contribution in [0.3, 0.4) is 0 Å². The molecule has 0 atom stereocenters. The van der Waals surface area contributed by atoms with Gasteiger partial charge in [0.25, 0.3) is 6.01 Å². The minimum atomic E-state index is -1.15. The van der Waals surface area contributed by atoms with E-state index in [0.29, 0.717) is 39.3 Å². The molecule has 1 aliphatic heterocycles. The van der Waals surface area contributed by atoms with Crippen molar-refractivity contribution in [1.29, 1.82) is 0 Å². The van der Waals surface area contributed by atoms with Gasteiger partial charge in [0.05, 0.1) is 13.2 Å². The fourth-order valence-corrected chi connectivity index (χ4v) is 1.70. The molecule has 1 amide bonds. The molecule has 0 radical (unpaired) electrons. The third kappa shape index (κ3) is 3.68. The summed E-state index contributed by atoms with van der Waals surface area (Å²) >= 11 is 0. The maximum Gasteiger partial charge on any atom is 0.357 e. The molecule has 0 aromatic carbocycles. The number of carbonyl (C=O) groups excluding carboxylic acids is 1. The molecule has 19 heavy (non-hydrogen) atoms. The first kappa shape index (κ1) is 13.3. The highest BCUT2D eigenvalue weighted by atomic mass is 16.5. The Labute approximate surface area is 109 Å². The first-order valence-corrected chi connectivity index (χ1v) is 5.95. The molecule has 1 saturated heterocycles. The molecule has 1 aliphatic rings. The van der Waals surface area contributed by atoms with Gasteiger partial charge in [0.1, 0.15) is 6.26 Å². The lowest BCUT2D eigenvalue weighted by Gasteiger charge is -2.26. The molecule has 1 fully saturated rings. The van der Waals surface area contributed by atoms with Gasteiger partial charge in [-0.2, -0.15) is 4.98 Å². The Morgan fingerprint density at radius 3 is 2.79 bits per heavy atom. The van der Waals surface area contributed by atoms with Gasteiger partial charge in [0.15, 0.2) is 5.69 Å². The Balaban J connectivity index is 1.73. The number of nitrogens with zero attached hydrogens (tertiary/aromatic N) is 2. The van der Waals surface area contributed by atoms with E-state index < -0.39 is 5.97 Å². The number of morpholine rings is 1. The molecule has 2 heterocycles. The highest BCUT2D eigenvalue weighted by Gasteiger charge is 2.16. The van der Waals surface area contributed by atoms with Gasteiger partial charge in [-0.25, -0.2) is 4.79 Å². The van der Waals surface area contributed by atoms with E-state index in [4.69, 9.17) is 14.3 Å². The van der Waals surface area contributed by atoms with Crippen LogP contribution in [-0.2, 0) is 9.53 Å². The van der Waals surface area contributed by atoms with Crippen LogP contribution in [-0.4, -0.2) is 59.7 Å². The van der Waals surface area contributed by atoms with Crippen molar-refractivity contribution in [3.05, 3.63) is 12.0 Å². The lowest BCUT2D eigenvalue weighted by molar-refractivity contribution is -0.134. The third-order valence-electron chi connectivity index (χ3n) is 2.70. The zero-order valence-corrected chi connectivity index (χ0v) is 10.3. The fraction of sp³-hybridized carbons (Fsp3) is 0.545. The molecule has 1 aromatic rings. The largest absolute Gasteiger partial charge is 0.476 e. The predicted octanol–water partition coefficient (Wildman–Crippen LogP) is 0.0336. The number of carboxylic acid groups (broad SMARTS) is 1. The van der Waals surface area contributed by atoms with Crippen LogP contribution in [0.1, 0.15) is 16.9 Å². The highest BCUT2D eigenvalue weighted by molar-refractivity contribution is 5.85. The summed E-state index contributed by atoms with van der Waals surface area (Å²) in [5.74, 6) is -1.12. The van der Waals surface area contributed by atoms with Crippen LogP contribution >= 0.6 is 0 Å². The number of carboxylic acids is 1. The van der Waals surface area contributed by atoms with E-state index in [1.807, 2.05) is 0 Å². The minimum Gasteiger partial charge on any atom is -0.476 e. The molecule has 104 valence electrons. The first-order chi connectivity index (χ1) is 9.16. The molecular formula is C11H15N3O5. The van der Waals surface area contributed by atoms with Gasteiger partial charge in [-0.15, -0.1) is 0 Å². The van der Waals surface area contributed by atoms with Crippen LogP contribution in [0, 0.1) is 0 Å². The van der Waals surface area contributed by atoms with Gasteiger partial charge in [-0.3, -0.25) is 4.79 Å². The molecular weight excluding hydrogens is 254 g/mol. The average molecular weight is 269 g/mol. The van der Waals surface area contributed by atoms with E-state index in [2.05, 4.69) is 10.3 Å². The van der Waals surface area contributed by atoms with Gasteiger partial charge in [0, 0.05) is 26.1 Å². The number of ether oxygens (including phenoxy) is 1. The van der Waals surface area contributed by atoms with E-state index in [1.54, 1.807) is 4.90 Å². The number of amides is 1. The van der Waals surface area contributed by atoms with Crippen LogP contribution in [0.5, 0.6) is 0 Å². The minimum absolute atomic E-state index is 0.0285. The SMILES string of the molecule is O=C(O)c1coc(NCCC(=O)N2CCOCC2)n1. The van der Waals surface area contributed by atoms with Crippen LogP contribution in [0.25, 0.3) is 0 Å². The molecule has 0 saturated carbocycles. The molecule has 8 heteroatoms. The number of aromatic carboxylic acids is 1. The van der Waals surface area contributed by atoms with Crippen LogP contribution in [0.2, 0.25) is 0 Å². The van der Waals surface area contributed by atoms with Crippen molar-refractivity contribution >= 4 is 17.9 Å². The maximum absolute atomic E-state index is 11.8. The topological polar surface area (TPSA) is 105 Å². The van der Waals surface area contributed by atoms with Gasteiger partial charge in [0.2, 0.25) is 5.91 Å². The quantitative estimate of drug-likeness (QED) is 0.777. The zero-order chi connectivity index (χ0) is 13.7. The lowest BCUT2D eigenvalue weighted by Crippen LogP contribution is -2.41. The molecule has 0 bridgehead atoms. The number of nitrogens with one attached hydrogen (secondary N) is 1. The van der Waals surface area contributed by atoms with Crippen molar-refractivity contribution in [3.8, 4) is 0 Å². The van der Waals surface area contributed by atoms with Crippen molar-refractivity contribution in [1.82, 2.24) is 9.88 Å². The van der Waals surface area contributed by atoms with Gasteiger partial charge in [-0.1, -0.05) is 0 Å². The zero-order valence-electron chi connectivity index (χ0n) is 10.3. The summed E-state index contributed by atoms with van der Waals surface area (Å²) in [6, 6.07) is 0.104. The van der Waals surface area contributed by atoms with E-state index >= 15 is 0 Å². The second-order valence-corrected chi connectivity index (χ2v) is 4.01. The number of oxazole rings is 1. The number of rotatable bonds is 5. The summed E-state index contributed by atoms with van der Waals surface area (Å²) in [5.41, 5.74) is -0.165. The Bertz CT molecular complexity index is 453. The second kappa shape index (κ2) is 6.19. The first-order valence-electron chi connectivity index (χ1n) is 5.95. The Morgan fingerprint density at radius 1 is 1.42 bits per heavy atom. The van der Waals surface area contributed by atoms with Gasteiger partial charge < -0.3 is 24.5 Å². The van der Waals surface area contributed by atoms with E-state index in [-0.39, 0.29) is 17.6 Å². The fourth-order valence-electron chi connectivity index (χ4n) is 1.70. The van der Waals surface area contributed by atoms with Gasteiger partial charge >= 0.3 is 5.97 Å². The summed E-state index contributed by atoms with van der Waals surface area (Å²) in [4.78, 5) is 27.8. The highest BCUT2D eigenvalue weighted by Crippen LogP contribution is 2.07. The Kier molecular flexibility index (Phi) is 4.35. The molecule has 1 aromatic heterocycles. The summed E-state index contributed by atoms with van der Waals surface area (Å²) < 4.78 is 10.1. The van der Waals surface area contributed by atoms with E-state index in [1.165, 1.54) is 0 Å². The number of carbonyl (C=O) groups is 2. The number of hydrogen-bond donors (Lipinski definition) is 2. The second-order valence-electron chi connectivity index (χ2n) is 4.01. The molecule has 0 unspecified atom stereocenters. The monoisotopic (exact) mass is 269 g/mol. The smallest absolute Gasteiger partial charge is 0.357 e. The Hall–Kier alpha value is -2.09. The summed E-state index contributed by atoms with van der Waals surface area (Å²) in [6.45, 7) is 2.71. The van der Waals surface area contributed by atoms with Crippen molar-refractivity contribution < 1.29 is 23.8 Å². The van der Waals surface area contributed by atoms with E-state index in [0.717, 1.165) is 6.26 Å². The van der Waals surface area contributed by atoms with Gasteiger partial charge in [-0.05, 0) is 0 Å². The summed E-state index contributed by atoms with van der Waals surface area (Å²) in [5, 5.41) is 11.4. The number of hydrogen-bond acceptors (Lipinski definition) is 6.